The molecule has 4 nitrogen and oxygen atoms in total. The molecule has 0 amide bonds. The van der Waals surface area contributed by atoms with Gasteiger partial charge in [0.15, 0.2) is 5.78 Å². The molecule has 0 bridgehead atoms. The van der Waals surface area contributed by atoms with Crippen molar-refractivity contribution in [1.82, 2.24) is 9.55 Å². The lowest BCUT2D eigenvalue weighted by Gasteiger charge is -2.44. The second kappa shape index (κ2) is 6.81. The van der Waals surface area contributed by atoms with Crippen molar-refractivity contribution < 1.29 is 4.79 Å². The molecule has 3 atom stereocenters. The van der Waals surface area contributed by atoms with Crippen molar-refractivity contribution >= 4 is 5.78 Å². The van der Waals surface area contributed by atoms with E-state index in [1.54, 1.807) is 0 Å². The van der Waals surface area contributed by atoms with Crippen LogP contribution in [0.25, 0.3) is 21.9 Å². The molecule has 0 unspecified atom stereocenters. The number of hydrogen-bond donors (Lipinski definition) is 0. The third-order valence-electron chi connectivity index (χ3n) is 6.82. The summed E-state index contributed by atoms with van der Waals surface area (Å²) in [6.07, 6.45) is 3.66. The Morgan fingerprint density at radius 3 is 2.43 bits per heavy atom. The average molecular weight is 393 g/mol. The van der Waals surface area contributed by atoms with Gasteiger partial charge in [-0.3, -0.25) is 4.57 Å². The molecule has 2 aliphatic rings. The largest absolute Gasteiger partial charge is 0.308 e. The maximum atomic E-state index is 12.7. The molecule has 0 saturated heterocycles. The van der Waals surface area contributed by atoms with Crippen LogP contribution in [0.3, 0.4) is 0 Å². The zero-order valence-electron chi connectivity index (χ0n) is 17.2. The highest BCUT2D eigenvalue weighted by molar-refractivity contribution is 6.00. The van der Waals surface area contributed by atoms with E-state index in [2.05, 4.69) is 40.6 Å². The SMILES string of the molecule is [C-]#[N+]C1=C[C@]2(C)c3nc(-c4ccccc4)n(-c4ccccc4)c3CC[C@H]2[C@H](C)C1=O. The van der Waals surface area contributed by atoms with E-state index in [0.717, 1.165) is 35.6 Å². The third-order valence-corrected chi connectivity index (χ3v) is 6.82. The lowest BCUT2D eigenvalue weighted by Crippen LogP contribution is -2.45. The molecule has 1 heterocycles. The molecule has 0 fully saturated rings. The Bertz CT molecular complexity index is 1200. The Labute approximate surface area is 176 Å². The van der Waals surface area contributed by atoms with Crippen molar-refractivity contribution in [2.45, 2.75) is 32.1 Å². The fourth-order valence-corrected chi connectivity index (χ4v) is 5.32. The molecule has 1 aromatic heterocycles. The fraction of sp³-hybridized carbons (Fsp3) is 0.269. The van der Waals surface area contributed by atoms with Gasteiger partial charge in [-0.2, -0.15) is 0 Å². The van der Waals surface area contributed by atoms with Gasteiger partial charge < -0.3 is 4.79 Å². The van der Waals surface area contributed by atoms with E-state index in [1.807, 2.05) is 49.4 Å². The Morgan fingerprint density at radius 2 is 1.77 bits per heavy atom. The van der Waals surface area contributed by atoms with E-state index in [1.165, 1.54) is 5.69 Å². The van der Waals surface area contributed by atoms with Gasteiger partial charge in [0.25, 0.3) is 0 Å². The Balaban J connectivity index is 1.80. The van der Waals surface area contributed by atoms with Gasteiger partial charge in [-0.25, -0.2) is 9.83 Å². The third kappa shape index (κ3) is 2.59. The number of hydrogen-bond acceptors (Lipinski definition) is 2. The minimum absolute atomic E-state index is 0.0262. The maximum Gasteiger partial charge on any atom is 0.226 e. The lowest BCUT2D eigenvalue weighted by atomic mass is 9.59. The van der Waals surface area contributed by atoms with E-state index in [9.17, 15) is 4.79 Å². The monoisotopic (exact) mass is 393 g/mol. The van der Waals surface area contributed by atoms with Crippen molar-refractivity contribution in [3.05, 3.63) is 95.2 Å². The number of nitrogens with zero attached hydrogens (tertiary/aromatic N) is 3. The van der Waals surface area contributed by atoms with Gasteiger partial charge in [-0.1, -0.05) is 68.5 Å². The quantitative estimate of drug-likeness (QED) is 0.548. The van der Waals surface area contributed by atoms with Gasteiger partial charge in [-0.05, 0) is 30.9 Å². The molecule has 5 rings (SSSR count). The molecule has 2 aliphatic carbocycles. The van der Waals surface area contributed by atoms with Crippen molar-refractivity contribution in [2.24, 2.45) is 11.8 Å². The summed E-state index contributed by atoms with van der Waals surface area (Å²) in [7, 11) is 0. The summed E-state index contributed by atoms with van der Waals surface area (Å²) in [5, 5.41) is 0. The molecular weight excluding hydrogens is 370 g/mol. The summed E-state index contributed by atoms with van der Waals surface area (Å²) in [6.45, 7) is 11.6. The molecule has 0 radical (unpaired) electrons. The number of fused-ring (bicyclic) bond motifs is 3. The van der Waals surface area contributed by atoms with Crippen LogP contribution in [-0.4, -0.2) is 15.3 Å². The highest BCUT2D eigenvalue weighted by Gasteiger charge is 2.50. The number of benzene rings is 2. The molecule has 4 heteroatoms. The van der Waals surface area contributed by atoms with Crippen LogP contribution in [0.4, 0.5) is 0 Å². The first-order chi connectivity index (χ1) is 14.5. The van der Waals surface area contributed by atoms with E-state index in [-0.39, 0.29) is 23.3 Å². The van der Waals surface area contributed by atoms with Crippen molar-refractivity contribution in [2.75, 3.05) is 0 Å². The average Bonchev–Trinajstić information content (AvgIpc) is 3.18. The Morgan fingerprint density at radius 1 is 1.10 bits per heavy atom. The van der Waals surface area contributed by atoms with Gasteiger partial charge in [0.2, 0.25) is 5.70 Å². The fourth-order valence-electron chi connectivity index (χ4n) is 5.32. The normalized spacial score (nSPS) is 25.1. The van der Waals surface area contributed by atoms with Crippen LogP contribution in [0.15, 0.2) is 72.4 Å². The molecule has 0 aliphatic heterocycles. The number of carbonyl (C=O) groups is 1. The number of aromatic nitrogens is 2. The van der Waals surface area contributed by atoms with Crippen molar-refractivity contribution in [3.63, 3.8) is 0 Å². The van der Waals surface area contributed by atoms with Crippen LogP contribution >= 0.6 is 0 Å². The Kier molecular flexibility index (Phi) is 4.22. The van der Waals surface area contributed by atoms with Gasteiger partial charge in [0.1, 0.15) is 5.82 Å². The van der Waals surface area contributed by atoms with Crippen LogP contribution in [-0.2, 0) is 16.6 Å². The summed E-state index contributed by atoms with van der Waals surface area (Å²) in [4.78, 5) is 21.4. The maximum absolute atomic E-state index is 12.7. The van der Waals surface area contributed by atoms with Crippen LogP contribution in [0.5, 0.6) is 0 Å². The predicted octanol–water partition coefficient (Wildman–Crippen LogP) is 5.38. The van der Waals surface area contributed by atoms with Gasteiger partial charge >= 0.3 is 0 Å². The summed E-state index contributed by atoms with van der Waals surface area (Å²) in [5.74, 6) is 0.878. The summed E-state index contributed by atoms with van der Waals surface area (Å²) in [6, 6.07) is 20.6. The van der Waals surface area contributed by atoms with Crippen LogP contribution in [0, 0.1) is 18.4 Å². The minimum atomic E-state index is -0.426. The number of carbonyl (C=O) groups excluding carboxylic acids is 1. The zero-order valence-corrected chi connectivity index (χ0v) is 17.2. The topological polar surface area (TPSA) is 39.2 Å². The number of Topliss-reactive ketones (excluding diaryl/α,β-unsaturated/α-hetero) is 1. The lowest BCUT2D eigenvalue weighted by molar-refractivity contribution is -0.121. The van der Waals surface area contributed by atoms with Crippen LogP contribution in [0.2, 0.25) is 0 Å². The van der Waals surface area contributed by atoms with E-state index >= 15 is 0 Å². The van der Waals surface area contributed by atoms with Gasteiger partial charge in [-0.15, -0.1) is 0 Å². The Hall–Kier alpha value is -3.45. The van der Waals surface area contributed by atoms with Crippen molar-refractivity contribution in [1.29, 1.82) is 0 Å². The highest BCUT2D eigenvalue weighted by Crippen LogP contribution is 2.50. The number of ketones is 1. The number of para-hydroxylation sites is 1. The second-order valence-electron chi connectivity index (χ2n) is 8.49. The minimum Gasteiger partial charge on any atom is -0.308 e. The van der Waals surface area contributed by atoms with E-state index in [0.29, 0.717) is 0 Å². The van der Waals surface area contributed by atoms with Crippen LogP contribution in [0.1, 0.15) is 31.7 Å². The van der Waals surface area contributed by atoms with Gasteiger partial charge in [0, 0.05) is 28.3 Å². The first kappa shape index (κ1) is 18.6. The van der Waals surface area contributed by atoms with E-state index in [4.69, 9.17) is 11.6 Å². The number of rotatable bonds is 2. The van der Waals surface area contributed by atoms with Gasteiger partial charge in [0.05, 0.1) is 12.3 Å². The standard InChI is InChI=1S/C26H23N3O/c1-17-20-14-15-22-24(26(20,2)16-21(27-3)23(17)30)28-25(18-10-6-4-7-11-18)29(22)19-12-8-5-9-13-19/h4-13,16-17,20H,14-15H2,1-2H3/t17-,20-,26-/m0/s1. The second-order valence-corrected chi connectivity index (χ2v) is 8.49. The highest BCUT2D eigenvalue weighted by atomic mass is 16.1. The molecule has 0 saturated carbocycles. The summed E-state index contributed by atoms with van der Waals surface area (Å²) >= 11 is 0. The molecule has 148 valence electrons. The number of imidazole rings is 1. The van der Waals surface area contributed by atoms with E-state index < -0.39 is 5.41 Å². The smallest absolute Gasteiger partial charge is 0.226 e. The molecule has 30 heavy (non-hydrogen) atoms. The molecular formula is C26H23N3O. The molecule has 0 spiro atoms. The predicted molar refractivity (Wildman–Crippen MR) is 117 cm³/mol. The van der Waals surface area contributed by atoms with Crippen molar-refractivity contribution in [3.8, 4) is 17.1 Å². The molecule has 2 aromatic carbocycles. The first-order valence-electron chi connectivity index (χ1n) is 10.4. The summed E-state index contributed by atoms with van der Waals surface area (Å²) < 4.78 is 2.26. The number of allylic oxidation sites excluding steroid dienone is 2. The molecule has 0 N–H and O–H groups in total. The zero-order chi connectivity index (χ0) is 20.9. The first-order valence-corrected chi connectivity index (χ1v) is 10.4. The molecule has 3 aromatic rings. The summed E-state index contributed by atoms with van der Waals surface area (Å²) in [5.41, 5.74) is 4.16. The van der Waals surface area contributed by atoms with Crippen LogP contribution < -0.4 is 0 Å².